The van der Waals surface area contributed by atoms with Crippen LogP contribution in [-0.2, 0) is 9.84 Å². The summed E-state index contributed by atoms with van der Waals surface area (Å²) in [6.45, 7) is 4.04. The van der Waals surface area contributed by atoms with Gasteiger partial charge >= 0.3 is 0 Å². The molecule has 0 saturated carbocycles. The quantitative estimate of drug-likeness (QED) is 0.620. The Morgan fingerprint density at radius 2 is 1.92 bits per heavy atom. The fraction of sp³-hybridized carbons (Fsp3) is 0.778. The summed E-state index contributed by atoms with van der Waals surface area (Å²) >= 11 is 0. The molecule has 0 bridgehead atoms. The third-order valence-electron chi connectivity index (χ3n) is 2.39. The van der Waals surface area contributed by atoms with Crippen LogP contribution in [-0.4, -0.2) is 44.5 Å². The smallest absolute Gasteiger partial charge is 0.151 e. The molecule has 0 N–H and O–H groups in total. The van der Waals surface area contributed by atoms with Crippen LogP contribution in [0.3, 0.4) is 0 Å². The van der Waals surface area contributed by atoms with Gasteiger partial charge in [-0.05, 0) is 20.9 Å². The Morgan fingerprint density at radius 1 is 1.46 bits per heavy atom. The van der Waals surface area contributed by atoms with E-state index < -0.39 is 9.84 Å². The van der Waals surface area contributed by atoms with Gasteiger partial charge in [-0.2, -0.15) is 0 Å². The standard InChI is InChI=1S/C9H17NO2S/c1-6-7-10(4)8(2)9(3)13(5,11)12/h1,8-9H,7H2,2-5H3/t8-,9-/m0/s1. The van der Waals surface area contributed by atoms with Gasteiger partial charge in [0.25, 0.3) is 0 Å². The van der Waals surface area contributed by atoms with Crippen molar-refractivity contribution in [3.63, 3.8) is 0 Å². The maximum atomic E-state index is 11.2. The van der Waals surface area contributed by atoms with Gasteiger partial charge in [-0.3, -0.25) is 4.90 Å². The van der Waals surface area contributed by atoms with Crippen LogP contribution in [0.5, 0.6) is 0 Å². The summed E-state index contributed by atoms with van der Waals surface area (Å²) in [5, 5.41) is -0.383. The largest absolute Gasteiger partial charge is 0.291 e. The second kappa shape index (κ2) is 4.64. The van der Waals surface area contributed by atoms with Crippen molar-refractivity contribution in [2.24, 2.45) is 0 Å². The van der Waals surface area contributed by atoms with Gasteiger partial charge in [0.2, 0.25) is 0 Å². The normalized spacial score (nSPS) is 16.6. The van der Waals surface area contributed by atoms with Crippen molar-refractivity contribution in [3.8, 4) is 12.3 Å². The van der Waals surface area contributed by atoms with Crippen molar-refractivity contribution in [1.82, 2.24) is 4.90 Å². The van der Waals surface area contributed by atoms with Gasteiger partial charge in [-0.25, -0.2) is 8.42 Å². The molecule has 0 heterocycles. The molecule has 2 atom stereocenters. The fourth-order valence-corrected chi connectivity index (χ4v) is 1.93. The van der Waals surface area contributed by atoms with E-state index in [1.807, 2.05) is 18.9 Å². The summed E-state index contributed by atoms with van der Waals surface area (Å²) in [6.07, 6.45) is 6.38. The first-order valence-corrected chi connectivity index (χ1v) is 6.08. The summed E-state index contributed by atoms with van der Waals surface area (Å²) in [5.41, 5.74) is 0. The summed E-state index contributed by atoms with van der Waals surface area (Å²) in [7, 11) is -1.15. The highest BCUT2D eigenvalue weighted by atomic mass is 32.2. The zero-order valence-electron chi connectivity index (χ0n) is 8.61. The summed E-state index contributed by atoms with van der Waals surface area (Å²) in [6, 6.07) is -0.0500. The second-order valence-electron chi connectivity index (χ2n) is 3.39. The van der Waals surface area contributed by atoms with Crippen molar-refractivity contribution in [2.45, 2.75) is 25.1 Å². The van der Waals surface area contributed by atoms with E-state index in [1.165, 1.54) is 6.26 Å². The molecule has 0 rings (SSSR count). The Labute approximate surface area is 81.0 Å². The first-order valence-electron chi connectivity index (χ1n) is 4.13. The molecule has 0 amide bonds. The maximum Gasteiger partial charge on any atom is 0.151 e. The van der Waals surface area contributed by atoms with Crippen molar-refractivity contribution >= 4 is 9.84 Å². The molecule has 0 saturated heterocycles. The first-order chi connectivity index (χ1) is 5.80. The monoisotopic (exact) mass is 203 g/mol. The van der Waals surface area contributed by atoms with Gasteiger partial charge in [0.05, 0.1) is 11.8 Å². The summed E-state index contributed by atoms with van der Waals surface area (Å²) in [5.74, 6) is 2.49. The van der Waals surface area contributed by atoms with Crippen LogP contribution >= 0.6 is 0 Å². The summed E-state index contributed by atoms with van der Waals surface area (Å²) < 4.78 is 22.4. The topological polar surface area (TPSA) is 37.4 Å². The van der Waals surface area contributed by atoms with Crippen LogP contribution in [0.25, 0.3) is 0 Å². The average molecular weight is 203 g/mol. The van der Waals surface area contributed by atoms with Crippen LogP contribution in [0.2, 0.25) is 0 Å². The highest BCUT2D eigenvalue weighted by molar-refractivity contribution is 7.91. The fourth-order valence-electron chi connectivity index (χ4n) is 1.00. The van der Waals surface area contributed by atoms with Crippen LogP contribution in [0.1, 0.15) is 13.8 Å². The minimum atomic E-state index is -2.98. The van der Waals surface area contributed by atoms with Gasteiger partial charge in [0.1, 0.15) is 0 Å². The van der Waals surface area contributed by atoms with Crippen molar-refractivity contribution in [1.29, 1.82) is 0 Å². The first kappa shape index (κ1) is 12.5. The predicted octanol–water partition coefficient (Wildman–Crippen LogP) is 0.373. The van der Waals surface area contributed by atoms with Gasteiger partial charge in [-0.1, -0.05) is 5.92 Å². The molecular formula is C9H17NO2S. The van der Waals surface area contributed by atoms with Crippen LogP contribution in [0, 0.1) is 12.3 Å². The minimum Gasteiger partial charge on any atom is -0.291 e. The Balaban J connectivity index is 4.45. The highest BCUT2D eigenvalue weighted by Crippen LogP contribution is 2.09. The highest BCUT2D eigenvalue weighted by Gasteiger charge is 2.24. The van der Waals surface area contributed by atoms with Crippen molar-refractivity contribution in [2.75, 3.05) is 19.8 Å². The molecule has 0 aliphatic heterocycles. The molecular weight excluding hydrogens is 186 g/mol. The molecule has 0 aliphatic carbocycles. The van der Waals surface area contributed by atoms with Crippen LogP contribution < -0.4 is 0 Å². The molecule has 76 valence electrons. The molecule has 3 nitrogen and oxygen atoms in total. The lowest BCUT2D eigenvalue weighted by Crippen LogP contribution is -2.41. The van der Waals surface area contributed by atoms with E-state index in [4.69, 9.17) is 6.42 Å². The van der Waals surface area contributed by atoms with E-state index in [0.717, 1.165) is 0 Å². The van der Waals surface area contributed by atoms with E-state index in [2.05, 4.69) is 5.92 Å². The van der Waals surface area contributed by atoms with E-state index in [0.29, 0.717) is 6.54 Å². The Bertz CT molecular complexity index is 289. The number of hydrogen-bond acceptors (Lipinski definition) is 3. The zero-order chi connectivity index (χ0) is 10.6. The van der Waals surface area contributed by atoms with Gasteiger partial charge < -0.3 is 0 Å². The Kier molecular flexibility index (Phi) is 4.45. The SMILES string of the molecule is C#CCN(C)[C@@H](C)[C@H](C)S(C)(=O)=O. The molecule has 0 unspecified atom stereocenters. The summed E-state index contributed by atoms with van der Waals surface area (Å²) in [4.78, 5) is 1.85. The minimum absolute atomic E-state index is 0.0500. The predicted molar refractivity (Wildman–Crippen MR) is 55.2 cm³/mol. The average Bonchev–Trinajstić information content (AvgIpc) is 2.00. The number of hydrogen-bond donors (Lipinski definition) is 0. The molecule has 0 aromatic rings. The van der Waals surface area contributed by atoms with Gasteiger partial charge in [0.15, 0.2) is 9.84 Å². The molecule has 0 aromatic carbocycles. The molecule has 0 aliphatic rings. The number of nitrogens with zero attached hydrogens (tertiary/aromatic N) is 1. The maximum absolute atomic E-state index is 11.2. The lowest BCUT2D eigenvalue weighted by molar-refractivity contribution is 0.283. The van der Waals surface area contributed by atoms with Crippen molar-refractivity contribution < 1.29 is 8.42 Å². The Hall–Kier alpha value is -0.530. The number of sulfone groups is 1. The molecule has 4 heteroatoms. The molecule has 0 fully saturated rings. The molecule has 0 radical (unpaired) electrons. The number of terminal acetylenes is 1. The van der Waals surface area contributed by atoms with Crippen LogP contribution in [0.15, 0.2) is 0 Å². The lowest BCUT2D eigenvalue weighted by atomic mass is 10.2. The third kappa shape index (κ3) is 3.79. The van der Waals surface area contributed by atoms with E-state index >= 15 is 0 Å². The molecule has 0 spiro atoms. The van der Waals surface area contributed by atoms with E-state index in [1.54, 1.807) is 6.92 Å². The van der Waals surface area contributed by atoms with E-state index in [-0.39, 0.29) is 11.3 Å². The molecule has 13 heavy (non-hydrogen) atoms. The lowest BCUT2D eigenvalue weighted by Gasteiger charge is -2.26. The van der Waals surface area contributed by atoms with Gasteiger partial charge in [-0.15, -0.1) is 6.42 Å². The zero-order valence-corrected chi connectivity index (χ0v) is 9.43. The second-order valence-corrected chi connectivity index (χ2v) is 5.80. The third-order valence-corrected chi connectivity index (χ3v) is 4.14. The van der Waals surface area contributed by atoms with Crippen LogP contribution in [0.4, 0.5) is 0 Å². The van der Waals surface area contributed by atoms with Crippen molar-refractivity contribution in [3.05, 3.63) is 0 Å². The Morgan fingerprint density at radius 3 is 2.23 bits per heavy atom. The van der Waals surface area contributed by atoms with E-state index in [9.17, 15) is 8.42 Å². The van der Waals surface area contributed by atoms with Gasteiger partial charge in [0, 0.05) is 12.3 Å². The molecule has 0 aromatic heterocycles. The number of rotatable bonds is 4.